The number of rotatable bonds is 8. The minimum Gasteiger partial charge on any atom is -0.248 e. The molecular weight excluding hydrogens is 356 g/mol. The fourth-order valence-corrected chi connectivity index (χ4v) is 17.1. The van der Waals surface area contributed by atoms with Crippen LogP contribution < -0.4 is 0 Å². The normalized spacial score (nSPS) is 14.4. The van der Waals surface area contributed by atoms with Gasteiger partial charge in [-0.25, -0.2) is 4.90 Å². The van der Waals surface area contributed by atoms with Crippen LogP contribution in [-0.4, -0.2) is 77.7 Å². The van der Waals surface area contributed by atoms with Crippen LogP contribution in [0.25, 0.3) is 0 Å². The van der Waals surface area contributed by atoms with Gasteiger partial charge < -0.3 is 0 Å². The van der Waals surface area contributed by atoms with E-state index in [0.717, 1.165) is 0 Å². The van der Waals surface area contributed by atoms with Crippen molar-refractivity contribution in [1.82, 2.24) is 14.2 Å². The average Bonchev–Trinajstić information content (AvgIpc) is 2.21. The highest BCUT2D eigenvalue weighted by Gasteiger charge is 2.60. The minimum absolute atomic E-state index is 0.400. The Balaban J connectivity index is 6.94. The summed E-state index contributed by atoms with van der Waals surface area (Å²) in [7, 11) is 4.35. The maximum absolute atomic E-state index is 7.81. The fourth-order valence-electron chi connectivity index (χ4n) is 3.98. The van der Waals surface area contributed by atoms with E-state index in [1.54, 1.807) is 0 Å². The van der Waals surface area contributed by atoms with Crippen LogP contribution >= 0.6 is 25.0 Å². The molecule has 0 saturated carbocycles. The van der Waals surface area contributed by atoms with Gasteiger partial charge in [0.15, 0.2) is 5.16 Å². The Morgan fingerprint density at radius 3 is 1.08 bits per heavy atom. The SMILES string of the molecule is CC(C)N(C(C)C)[P+](Cl)(C(N(C)C)=P(C)(C)C)N(C(C)C)C(C)C. The first-order valence-corrected chi connectivity index (χ1v) is 14.9. The lowest BCUT2D eigenvalue weighted by molar-refractivity contribution is 0.257. The predicted molar refractivity (Wildman–Crippen MR) is 120 cm³/mol. The van der Waals surface area contributed by atoms with Gasteiger partial charge in [0.25, 0.3) is 6.92 Å². The predicted octanol–water partition coefficient (Wildman–Crippen LogP) is 5.78. The summed E-state index contributed by atoms with van der Waals surface area (Å²) in [4.78, 5) is 2.32. The Bertz CT molecular complexity index is 409. The van der Waals surface area contributed by atoms with Crippen LogP contribution in [0, 0.1) is 0 Å². The van der Waals surface area contributed by atoms with Crippen molar-refractivity contribution in [2.45, 2.75) is 79.6 Å². The number of hydrogen-bond donors (Lipinski definition) is 0. The van der Waals surface area contributed by atoms with E-state index in [4.69, 9.17) is 11.2 Å². The van der Waals surface area contributed by atoms with E-state index in [1.165, 1.54) is 5.16 Å². The third-order valence-electron chi connectivity index (χ3n) is 3.98. The van der Waals surface area contributed by atoms with E-state index in [0.29, 0.717) is 24.2 Å². The van der Waals surface area contributed by atoms with Crippen molar-refractivity contribution in [3.05, 3.63) is 0 Å². The molecule has 146 valence electrons. The Labute approximate surface area is 158 Å². The molecule has 0 heterocycles. The molecule has 0 N–H and O–H groups in total. The first-order valence-electron chi connectivity index (χ1n) is 9.13. The highest BCUT2D eigenvalue weighted by atomic mass is 35.7. The lowest BCUT2D eigenvalue weighted by atomic mass is 10.3. The zero-order chi connectivity index (χ0) is 19.6. The van der Waals surface area contributed by atoms with Crippen LogP contribution in [0.2, 0.25) is 0 Å². The first-order chi connectivity index (χ1) is 10.6. The van der Waals surface area contributed by atoms with Gasteiger partial charge in [0.05, 0.1) is 0 Å². The molecule has 6 heteroatoms. The van der Waals surface area contributed by atoms with Gasteiger partial charge in [-0.05, 0) is 89.5 Å². The van der Waals surface area contributed by atoms with E-state index in [1.807, 2.05) is 0 Å². The molecule has 0 unspecified atom stereocenters. The van der Waals surface area contributed by atoms with Crippen molar-refractivity contribution in [2.24, 2.45) is 0 Å². The largest absolute Gasteiger partial charge is 0.300 e. The molecule has 0 bridgehead atoms. The Morgan fingerprint density at radius 1 is 0.708 bits per heavy atom. The van der Waals surface area contributed by atoms with Crippen molar-refractivity contribution in [1.29, 1.82) is 0 Å². The smallest absolute Gasteiger partial charge is 0.248 e. The molecule has 0 atom stereocenters. The molecule has 0 spiro atoms. The molecule has 0 aliphatic carbocycles. The minimum atomic E-state index is -2.17. The summed E-state index contributed by atoms with van der Waals surface area (Å²) in [6.45, 7) is 22.0. The van der Waals surface area contributed by atoms with Crippen molar-refractivity contribution in [3.63, 3.8) is 0 Å². The molecule has 0 radical (unpaired) electrons. The van der Waals surface area contributed by atoms with Gasteiger partial charge in [0.1, 0.15) is 11.2 Å². The highest BCUT2D eigenvalue weighted by molar-refractivity contribution is 8.15. The third-order valence-corrected chi connectivity index (χ3v) is 14.1. The summed E-state index contributed by atoms with van der Waals surface area (Å²) in [5, 5.41) is 1.46. The summed E-state index contributed by atoms with van der Waals surface area (Å²) in [6, 6.07) is 1.60. The van der Waals surface area contributed by atoms with Gasteiger partial charge in [-0.15, -0.1) is 9.34 Å². The van der Waals surface area contributed by atoms with Gasteiger partial charge >= 0.3 is 0 Å². The topological polar surface area (TPSA) is 9.72 Å². The lowest BCUT2D eigenvalue weighted by Crippen LogP contribution is -2.50. The van der Waals surface area contributed by atoms with Crippen LogP contribution in [0.3, 0.4) is 0 Å². The molecule has 24 heavy (non-hydrogen) atoms. The highest BCUT2D eigenvalue weighted by Crippen LogP contribution is 2.77. The standard InChI is InChI=1S/C18H43ClN3P2/c1-14(2)21(15(3)4)24(19,22(16(5)6)17(7)8)18(20(9)10)23(11,12)13/h14-17H,1-13H3/q+1. The second-order valence-corrected chi connectivity index (χ2v) is 17.5. The van der Waals surface area contributed by atoms with E-state index >= 15 is 0 Å². The second-order valence-electron chi connectivity index (χ2n) is 8.87. The van der Waals surface area contributed by atoms with Crippen LogP contribution in [0.1, 0.15) is 55.4 Å². The van der Waals surface area contributed by atoms with E-state index in [2.05, 4.69) is 104 Å². The van der Waals surface area contributed by atoms with E-state index in [-0.39, 0.29) is 0 Å². The first kappa shape index (κ1) is 24.9. The molecule has 0 aromatic heterocycles. The monoisotopic (exact) mass is 398 g/mol. The second kappa shape index (κ2) is 9.20. The van der Waals surface area contributed by atoms with Crippen LogP contribution in [0.15, 0.2) is 0 Å². The Hall–Kier alpha value is 0.900. The van der Waals surface area contributed by atoms with Crippen molar-refractivity contribution < 1.29 is 0 Å². The number of halogens is 1. The summed E-state index contributed by atoms with van der Waals surface area (Å²) in [6.07, 6.45) is 0. The third kappa shape index (κ3) is 5.45. The van der Waals surface area contributed by atoms with Gasteiger partial charge in [0, 0.05) is 24.2 Å². The molecule has 0 rings (SSSR count). The van der Waals surface area contributed by atoms with Gasteiger partial charge in [-0.1, -0.05) is 6.89 Å². The van der Waals surface area contributed by atoms with Crippen LogP contribution in [0.4, 0.5) is 0 Å². The van der Waals surface area contributed by atoms with Crippen LogP contribution in [0.5, 0.6) is 0 Å². The molecule has 3 nitrogen and oxygen atoms in total. The van der Waals surface area contributed by atoms with Gasteiger partial charge in [-0.2, -0.15) is 0 Å². The maximum atomic E-state index is 7.81. The Morgan fingerprint density at radius 2 is 0.958 bits per heavy atom. The molecule has 0 aliphatic heterocycles. The van der Waals surface area contributed by atoms with Gasteiger partial charge in [-0.3, -0.25) is 0 Å². The molecule has 0 amide bonds. The molecule has 0 fully saturated rings. The van der Waals surface area contributed by atoms with E-state index < -0.39 is 13.8 Å². The van der Waals surface area contributed by atoms with E-state index in [9.17, 15) is 0 Å². The Kier molecular flexibility index (Phi) is 9.55. The maximum Gasteiger partial charge on any atom is 0.300 e. The molecule has 0 saturated heterocycles. The van der Waals surface area contributed by atoms with Crippen molar-refractivity contribution in [2.75, 3.05) is 34.1 Å². The molecule has 0 aromatic carbocycles. The number of hydrogen-bond acceptors (Lipinski definition) is 2. The number of nitrogens with zero attached hydrogens (tertiary/aromatic N) is 3. The zero-order valence-corrected chi connectivity index (χ0v) is 21.0. The zero-order valence-electron chi connectivity index (χ0n) is 18.4. The summed E-state index contributed by atoms with van der Waals surface area (Å²) in [5.41, 5.74) is 0. The molecule has 0 aliphatic rings. The average molecular weight is 399 g/mol. The van der Waals surface area contributed by atoms with Gasteiger partial charge in [0.2, 0.25) is 0 Å². The summed E-state index contributed by atoms with van der Waals surface area (Å²) in [5.74, 6) is 0. The van der Waals surface area contributed by atoms with Crippen molar-refractivity contribution in [3.8, 4) is 0 Å². The molecule has 0 aromatic rings. The van der Waals surface area contributed by atoms with Crippen molar-refractivity contribution >= 4 is 30.2 Å². The summed E-state index contributed by atoms with van der Waals surface area (Å²) >= 11 is 7.81. The molecular formula is C18H43ClN3P2+. The summed E-state index contributed by atoms with van der Waals surface area (Å²) < 4.78 is 5.18. The quantitative estimate of drug-likeness (QED) is 0.480. The lowest BCUT2D eigenvalue weighted by Gasteiger charge is -2.47. The fraction of sp³-hybridized carbons (Fsp3) is 0.944. The van der Waals surface area contributed by atoms with Crippen LogP contribution in [-0.2, 0) is 0 Å².